The predicted molar refractivity (Wildman–Crippen MR) is 115 cm³/mol. The van der Waals surface area contributed by atoms with E-state index < -0.39 is 0 Å². The number of H-pyrrole nitrogens is 1. The number of nitrogens with one attached hydrogen (secondary N) is 2. The van der Waals surface area contributed by atoms with E-state index in [2.05, 4.69) is 32.3 Å². The van der Waals surface area contributed by atoms with Crippen LogP contribution in [0.15, 0.2) is 29.1 Å². The maximum atomic E-state index is 12.3. The van der Waals surface area contributed by atoms with E-state index in [1.165, 1.54) is 19.3 Å². The molecular formula is C22H31N5O3. The van der Waals surface area contributed by atoms with Crippen molar-refractivity contribution in [1.82, 2.24) is 25.4 Å². The molecule has 162 valence electrons. The van der Waals surface area contributed by atoms with Gasteiger partial charge in [-0.05, 0) is 56.6 Å². The van der Waals surface area contributed by atoms with E-state index in [-0.39, 0.29) is 30.0 Å². The summed E-state index contributed by atoms with van der Waals surface area (Å²) in [4.78, 5) is 29.5. The van der Waals surface area contributed by atoms with Gasteiger partial charge in [0.25, 0.3) is 5.56 Å². The second-order valence-corrected chi connectivity index (χ2v) is 7.57. The Hall–Kier alpha value is -2.74. The first kappa shape index (κ1) is 22.0. The molecule has 0 spiro atoms. The van der Waals surface area contributed by atoms with Crippen molar-refractivity contribution in [2.45, 2.75) is 45.4 Å². The molecule has 1 saturated heterocycles. The maximum absolute atomic E-state index is 12.3. The van der Waals surface area contributed by atoms with E-state index in [0.29, 0.717) is 19.0 Å². The van der Waals surface area contributed by atoms with Gasteiger partial charge >= 0.3 is 0 Å². The topological polar surface area (TPSA) is 100 Å². The van der Waals surface area contributed by atoms with Crippen LogP contribution in [-0.2, 0) is 11.2 Å². The molecule has 1 fully saturated rings. The largest absolute Gasteiger partial charge is 0.494 e. The molecule has 3 rings (SSSR count). The van der Waals surface area contributed by atoms with Gasteiger partial charge in [0.2, 0.25) is 5.91 Å². The number of rotatable bonds is 10. The SMILES string of the molecule is CCCOc1ccc(-c2nnc(CCC(=O)NCCN3CCCCC3)c(=O)[nH]2)cc1. The average Bonchev–Trinajstić information content (AvgIpc) is 2.78. The van der Waals surface area contributed by atoms with Crippen LogP contribution in [0.25, 0.3) is 11.4 Å². The molecule has 1 amide bonds. The van der Waals surface area contributed by atoms with Gasteiger partial charge in [-0.25, -0.2) is 0 Å². The number of benzene rings is 1. The smallest absolute Gasteiger partial charge is 0.273 e. The Morgan fingerprint density at radius 2 is 1.93 bits per heavy atom. The number of carbonyl (C=O) groups is 1. The van der Waals surface area contributed by atoms with Gasteiger partial charge in [0.05, 0.1) is 6.61 Å². The third-order valence-corrected chi connectivity index (χ3v) is 5.15. The van der Waals surface area contributed by atoms with Crippen molar-refractivity contribution in [2.24, 2.45) is 0 Å². The van der Waals surface area contributed by atoms with Crippen molar-refractivity contribution in [3.05, 3.63) is 40.3 Å². The highest BCUT2D eigenvalue weighted by Crippen LogP contribution is 2.18. The number of nitrogens with zero attached hydrogens (tertiary/aromatic N) is 3. The van der Waals surface area contributed by atoms with E-state index >= 15 is 0 Å². The molecule has 0 aliphatic carbocycles. The van der Waals surface area contributed by atoms with E-state index in [1.54, 1.807) is 0 Å². The number of hydrogen-bond acceptors (Lipinski definition) is 6. The number of aromatic amines is 1. The number of ether oxygens (including phenoxy) is 1. The third kappa shape index (κ3) is 6.66. The summed E-state index contributed by atoms with van der Waals surface area (Å²) in [6.45, 7) is 6.45. The molecule has 1 aliphatic rings. The zero-order valence-corrected chi connectivity index (χ0v) is 17.7. The van der Waals surface area contributed by atoms with Gasteiger partial charge in [0, 0.05) is 31.5 Å². The molecule has 0 saturated carbocycles. The molecule has 2 N–H and O–H groups in total. The van der Waals surface area contributed by atoms with Crippen LogP contribution in [0.2, 0.25) is 0 Å². The highest BCUT2D eigenvalue weighted by atomic mass is 16.5. The monoisotopic (exact) mass is 413 g/mol. The van der Waals surface area contributed by atoms with Crippen LogP contribution in [0, 0.1) is 0 Å². The standard InChI is InChI=1S/C22H31N5O3/c1-2-16-30-18-8-6-17(7-9-18)21-24-22(29)19(25-26-21)10-11-20(28)23-12-15-27-13-4-3-5-14-27/h6-9H,2-5,10-16H2,1H3,(H,23,28)(H,24,26,29). The summed E-state index contributed by atoms with van der Waals surface area (Å²) in [5, 5.41) is 11.1. The summed E-state index contributed by atoms with van der Waals surface area (Å²) in [6.07, 6.45) is 5.21. The minimum absolute atomic E-state index is 0.0695. The number of carbonyl (C=O) groups excluding carboxylic acids is 1. The minimum atomic E-state index is -0.313. The Kier molecular flexibility index (Phi) is 8.38. The Balaban J connectivity index is 1.46. The Morgan fingerprint density at radius 1 is 1.17 bits per heavy atom. The Bertz CT molecular complexity index is 860. The molecule has 1 aromatic heterocycles. The number of likely N-dealkylation sites (tertiary alicyclic amines) is 1. The van der Waals surface area contributed by atoms with Crippen LogP contribution in [-0.4, -0.2) is 58.8 Å². The first-order chi connectivity index (χ1) is 14.7. The highest BCUT2D eigenvalue weighted by molar-refractivity contribution is 5.76. The molecular weight excluding hydrogens is 382 g/mol. The fourth-order valence-corrected chi connectivity index (χ4v) is 3.44. The molecule has 0 radical (unpaired) electrons. The molecule has 1 aliphatic heterocycles. The zero-order chi connectivity index (χ0) is 21.2. The summed E-state index contributed by atoms with van der Waals surface area (Å²) in [6, 6.07) is 7.35. The van der Waals surface area contributed by atoms with Gasteiger partial charge in [-0.3, -0.25) is 9.59 Å². The first-order valence-electron chi connectivity index (χ1n) is 10.8. The van der Waals surface area contributed by atoms with Crippen molar-refractivity contribution in [3.8, 4) is 17.1 Å². The van der Waals surface area contributed by atoms with Gasteiger partial charge in [-0.15, -0.1) is 10.2 Å². The van der Waals surface area contributed by atoms with Crippen molar-refractivity contribution >= 4 is 5.91 Å². The summed E-state index contributed by atoms with van der Waals surface area (Å²) >= 11 is 0. The van der Waals surface area contributed by atoms with Crippen LogP contribution in [0.4, 0.5) is 0 Å². The summed E-state index contributed by atoms with van der Waals surface area (Å²) in [5.41, 5.74) is 0.714. The second-order valence-electron chi connectivity index (χ2n) is 7.57. The lowest BCUT2D eigenvalue weighted by atomic mass is 10.1. The Morgan fingerprint density at radius 3 is 2.63 bits per heavy atom. The fraction of sp³-hybridized carbons (Fsp3) is 0.545. The Labute approximate surface area is 177 Å². The van der Waals surface area contributed by atoms with Gasteiger partial charge < -0.3 is 19.9 Å². The number of piperidine rings is 1. The van der Waals surface area contributed by atoms with Gasteiger partial charge in [-0.1, -0.05) is 13.3 Å². The second kappa shape index (κ2) is 11.4. The average molecular weight is 414 g/mol. The molecule has 8 nitrogen and oxygen atoms in total. The van der Waals surface area contributed by atoms with E-state index in [9.17, 15) is 9.59 Å². The van der Waals surface area contributed by atoms with Gasteiger partial charge in [0.15, 0.2) is 5.82 Å². The lowest BCUT2D eigenvalue weighted by molar-refractivity contribution is -0.121. The number of hydrogen-bond donors (Lipinski definition) is 2. The summed E-state index contributed by atoms with van der Waals surface area (Å²) in [5.74, 6) is 1.11. The molecule has 8 heteroatoms. The lowest BCUT2D eigenvalue weighted by Crippen LogP contribution is -2.37. The van der Waals surface area contributed by atoms with Crippen LogP contribution < -0.4 is 15.6 Å². The number of aryl methyl sites for hydroxylation is 1. The third-order valence-electron chi connectivity index (χ3n) is 5.15. The predicted octanol–water partition coefficient (Wildman–Crippen LogP) is 2.16. The van der Waals surface area contributed by atoms with E-state index in [0.717, 1.165) is 37.4 Å². The summed E-state index contributed by atoms with van der Waals surface area (Å²) in [7, 11) is 0. The quantitative estimate of drug-likeness (QED) is 0.619. The molecule has 2 aromatic rings. The minimum Gasteiger partial charge on any atom is -0.494 e. The van der Waals surface area contributed by atoms with Crippen molar-refractivity contribution < 1.29 is 9.53 Å². The molecule has 0 unspecified atom stereocenters. The molecule has 30 heavy (non-hydrogen) atoms. The number of amides is 1. The highest BCUT2D eigenvalue weighted by Gasteiger charge is 2.12. The van der Waals surface area contributed by atoms with Gasteiger partial charge in [-0.2, -0.15) is 0 Å². The van der Waals surface area contributed by atoms with E-state index in [4.69, 9.17) is 4.74 Å². The van der Waals surface area contributed by atoms with Crippen LogP contribution in [0.3, 0.4) is 0 Å². The molecule has 1 aromatic carbocycles. The molecule has 0 atom stereocenters. The lowest BCUT2D eigenvalue weighted by Gasteiger charge is -2.26. The maximum Gasteiger partial charge on any atom is 0.273 e. The van der Waals surface area contributed by atoms with Crippen molar-refractivity contribution in [1.29, 1.82) is 0 Å². The van der Waals surface area contributed by atoms with Crippen LogP contribution in [0.1, 0.15) is 44.7 Å². The zero-order valence-electron chi connectivity index (χ0n) is 17.7. The first-order valence-corrected chi connectivity index (χ1v) is 10.8. The van der Waals surface area contributed by atoms with Crippen molar-refractivity contribution in [2.75, 3.05) is 32.8 Å². The van der Waals surface area contributed by atoms with Crippen LogP contribution >= 0.6 is 0 Å². The normalized spacial score (nSPS) is 14.4. The van der Waals surface area contributed by atoms with Crippen molar-refractivity contribution in [3.63, 3.8) is 0 Å². The fourth-order valence-electron chi connectivity index (χ4n) is 3.44. The van der Waals surface area contributed by atoms with E-state index in [1.807, 2.05) is 24.3 Å². The van der Waals surface area contributed by atoms with Crippen LogP contribution in [0.5, 0.6) is 5.75 Å². The molecule has 0 bridgehead atoms. The molecule has 2 heterocycles. The number of aromatic nitrogens is 3. The van der Waals surface area contributed by atoms with Gasteiger partial charge in [0.1, 0.15) is 11.4 Å². The summed E-state index contributed by atoms with van der Waals surface area (Å²) < 4.78 is 5.56.